The molecule has 2 heterocycles. The number of nitrogens with zero attached hydrogens (tertiary/aromatic N) is 3. The van der Waals surface area contributed by atoms with Crippen molar-refractivity contribution in [2.45, 2.75) is 0 Å². The molecule has 10 aromatic carbocycles. The van der Waals surface area contributed by atoms with Crippen molar-refractivity contribution in [2.75, 3.05) is 0 Å². The minimum atomic E-state index is 0. The van der Waals surface area contributed by atoms with E-state index in [9.17, 15) is 0 Å². The van der Waals surface area contributed by atoms with E-state index < -0.39 is 0 Å². The molecule has 0 atom stereocenters. The number of fused-ring (bicyclic) bond motifs is 3. The molecule has 0 N–H and O–H groups in total. The van der Waals surface area contributed by atoms with Crippen molar-refractivity contribution in [1.29, 1.82) is 0 Å². The van der Waals surface area contributed by atoms with Gasteiger partial charge in [-0.2, -0.15) is 78.4 Å². The maximum Gasteiger partial charge on any atom is 1.00 e. The molecule has 0 aliphatic heterocycles. The van der Waals surface area contributed by atoms with Crippen molar-refractivity contribution in [2.24, 2.45) is 0 Å². The van der Waals surface area contributed by atoms with Crippen LogP contribution in [0, 0.1) is 18.2 Å². The Bertz CT molecular complexity index is 3520. The molecular formula is C63H40N3NaO-2. The van der Waals surface area contributed by atoms with E-state index in [0.717, 1.165) is 94.3 Å². The zero-order valence-electron chi connectivity index (χ0n) is 37.3. The third-order valence-electron chi connectivity index (χ3n) is 11.8. The van der Waals surface area contributed by atoms with Gasteiger partial charge in [0.25, 0.3) is 0 Å². The second kappa shape index (κ2) is 20.3. The average molecular weight is 878 g/mol. The number of rotatable bonds is 8. The maximum absolute atomic E-state index is 6.72. The summed E-state index contributed by atoms with van der Waals surface area (Å²) in [5, 5.41) is 2.07. The van der Waals surface area contributed by atoms with Gasteiger partial charge in [0.1, 0.15) is 5.58 Å². The molecule has 0 bridgehead atoms. The number of furan rings is 1. The Hall–Kier alpha value is -7.99. The van der Waals surface area contributed by atoms with Crippen LogP contribution in [0.2, 0.25) is 0 Å². The number of hydrogen-bond donors (Lipinski definition) is 0. The van der Waals surface area contributed by atoms with Gasteiger partial charge in [0.05, 0.1) is 0 Å². The fraction of sp³-hybridized carbons (Fsp3) is 0. The van der Waals surface area contributed by atoms with Gasteiger partial charge in [-0.05, 0) is 62.7 Å². The second-order valence-corrected chi connectivity index (χ2v) is 16.1. The van der Waals surface area contributed by atoms with Gasteiger partial charge in [0.2, 0.25) is 0 Å². The Morgan fingerprint density at radius 1 is 0.324 bits per heavy atom. The van der Waals surface area contributed by atoms with E-state index in [0.29, 0.717) is 17.5 Å². The smallest absolute Gasteiger partial charge is 0.510 e. The van der Waals surface area contributed by atoms with Gasteiger partial charge in [-0.1, -0.05) is 163 Å². The molecule has 316 valence electrons. The molecule has 0 radical (unpaired) electrons. The first-order valence-corrected chi connectivity index (χ1v) is 22.3. The molecule has 0 spiro atoms. The van der Waals surface area contributed by atoms with E-state index in [4.69, 9.17) is 19.4 Å². The van der Waals surface area contributed by atoms with Crippen molar-refractivity contribution in [3.63, 3.8) is 0 Å². The van der Waals surface area contributed by atoms with Gasteiger partial charge < -0.3 is 4.42 Å². The molecule has 0 fully saturated rings. The van der Waals surface area contributed by atoms with Crippen LogP contribution in [0.4, 0.5) is 0 Å². The maximum atomic E-state index is 6.72. The molecule has 12 aromatic rings. The Morgan fingerprint density at radius 3 is 1.44 bits per heavy atom. The molecule has 4 nitrogen and oxygen atoms in total. The van der Waals surface area contributed by atoms with E-state index in [1.54, 1.807) is 0 Å². The fourth-order valence-electron chi connectivity index (χ4n) is 8.54. The quantitative estimate of drug-likeness (QED) is 0.113. The molecule has 68 heavy (non-hydrogen) atoms. The van der Waals surface area contributed by atoms with Crippen LogP contribution in [0.3, 0.4) is 0 Å². The molecule has 0 aliphatic carbocycles. The molecule has 2 aromatic heterocycles. The van der Waals surface area contributed by atoms with Crippen molar-refractivity contribution < 1.29 is 34.0 Å². The molecule has 0 amide bonds. The molecule has 12 rings (SSSR count). The summed E-state index contributed by atoms with van der Waals surface area (Å²) in [5.41, 5.74) is 14.8. The standard InChI is InChI=1S/C57H35N3O.C6H5.Na/c1-6-17-38(18-7-1)43-29-32-46(39-19-8-2-9-20-39)51(35-43)44-30-33-47(45-31-34-49-50-28-16-27-48(40-21-10-3-11-22-40)54(50)61-53(49)37-45)52(36-44)57-59-55(41-23-12-4-13-24-41)58-56(60-57)42-25-14-5-15-26-42;1-2-4-6-5-3-1;/h1-21,23-26,28-37H;1-5H;/q-2;-1;+1. The normalized spacial score (nSPS) is 10.8. The summed E-state index contributed by atoms with van der Waals surface area (Å²) in [7, 11) is 0. The Kier molecular flexibility index (Phi) is 13.1. The van der Waals surface area contributed by atoms with Gasteiger partial charge in [-0.25, -0.2) is 20.5 Å². The summed E-state index contributed by atoms with van der Waals surface area (Å²) in [4.78, 5) is 15.5. The minimum Gasteiger partial charge on any atom is -0.510 e. The van der Waals surface area contributed by atoms with Gasteiger partial charge in [0, 0.05) is 27.7 Å². The monoisotopic (exact) mass is 877 g/mol. The summed E-state index contributed by atoms with van der Waals surface area (Å²) in [5.74, 6) is 1.78. The first-order chi connectivity index (χ1) is 33.2. The molecule has 0 unspecified atom stereocenters. The topological polar surface area (TPSA) is 51.8 Å². The van der Waals surface area contributed by atoms with Gasteiger partial charge in [-0.15, -0.1) is 12.1 Å². The predicted octanol–water partition coefficient (Wildman–Crippen LogP) is 13.2. The van der Waals surface area contributed by atoms with Crippen molar-refractivity contribution in [1.82, 2.24) is 15.0 Å². The first kappa shape index (κ1) is 43.9. The predicted molar refractivity (Wildman–Crippen MR) is 274 cm³/mol. The third kappa shape index (κ3) is 9.22. The molecule has 0 saturated heterocycles. The van der Waals surface area contributed by atoms with E-state index in [1.165, 1.54) is 0 Å². The second-order valence-electron chi connectivity index (χ2n) is 16.1. The van der Waals surface area contributed by atoms with E-state index in [-0.39, 0.29) is 29.6 Å². The van der Waals surface area contributed by atoms with Gasteiger partial charge in [0.15, 0.2) is 17.5 Å². The van der Waals surface area contributed by atoms with Crippen LogP contribution in [0.25, 0.3) is 112 Å². The molecule has 5 heteroatoms. The zero-order valence-corrected chi connectivity index (χ0v) is 39.3. The van der Waals surface area contributed by atoms with Crippen molar-refractivity contribution >= 4 is 21.9 Å². The molecular weight excluding hydrogens is 838 g/mol. The van der Waals surface area contributed by atoms with Crippen LogP contribution in [0.5, 0.6) is 0 Å². The van der Waals surface area contributed by atoms with Crippen LogP contribution in [-0.4, -0.2) is 15.0 Å². The van der Waals surface area contributed by atoms with Crippen molar-refractivity contribution in [3.05, 3.63) is 261 Å². The Morgan fingerprint density at radius 2 is 0.838 bits per heavy atom. The van der Waals surface area contributed by atoms with E-state index in [1.807, 2.05) is 121 Å². The van der Waals surface area contributed by atoms with Crippen LogP contribution in [0.1, 0.15) is 0 Å². The largest absolute Gasteiger partial charge is 1.00 e. The van der Waals surface area contributed by atoms with Crippen LogP contribution in [0.15, 0.2) is 247 Å². The number of aromatic nitrogens is 3. The fourth-order valence-corrected chi connectivity index (χ4v) is 8.54. The van der Waals surface area contributed by atoms with Crippen LogP contribution in [-0.2, 0) is 0 Å². The van der Waals surface area contributed by atoms with Crippen LogP contribution >= 0.6 is 0 Å². The summed E-state index contributed by atoms with van der Waals surface area (Å²) in [6, 6.07) is 92.4. The van der Waals surface area contributed by atoms with Crippen LogP contribution < -0.4 is 29.6 Å². The summed E-state index contributed by atoms with van der Waals surface area (Å²) >= 11 is 0. The Labute approximate surface area is 418 Å². The van der Waals surface area contributed by atoms with E-state index in [2.05, 4.69) is 140 Å². The Balaban J connectivity index is 0.000000717. The van der Waals surface area contributed by atoms with Crippen molar-refractivity contribution in [3.8, 4) is 89.8 Å². The minimum absolute atomic E-state index is 0. The van der Waals surface area contributed by atoms with Gasteiger partial charge in [-0.3, -0.25) is 0 Å². The summed E-state index contributed by atoms with van der Waals surface area (Å²) in [6.45, 7) is 0. The average Bonchev–Trinajstić information content (AvgIpc) is 3.81. The molecule has 0 saturated carbocycles. The zero-order chi connectivity index (χ0) is 44.8. The third-order valence-corrected chi connectivity index (χ3v) is 11.8. The number of benzene rings is 10. The summed E-state index contributed by atoms with van der Waals surface area (Å²) in [6.07, 6.45) is 0. The summed E-state index contributed by atoms with van der Waals surface area (Å²) < 4.78 is 6.72. The van der Waals surface area contributed by atoms with Gasteiger partial charge >= 0.3 is 29.6 Å². The SMILES string of the molecule is [Na+].[c-]1ccccc1.[c-]1ccccc1-c1[c-]ccc2c1oc1cc(-c3ccc(-c4cc(-c5ccccc5)ccc4-c4ccccc4)cc3-c3nc(-c4ccccc4)nc(-c4ccccc4)n3)ccc12. The molecule has 0 aliphatic rings. The number of hydrogen-bond acceptors (Lipinski definition) is 4. The van der Waals surface area contributed by atoms with E-state index >= 15 is 0 Å². The first-order valence-electron chi connectivity index (χ1n) is 22.3.